The van der Waals surface area contributed by atoms with Crippen molar-refractivity contribution in [1.82, 2.24) is 9.80 Å². The molecule has 0 aromatic heterocycles. The van der Waals surface area contributed by atoms with Crippen LogP contribution in [-0.4, -0.2) is 52.9 Å². The highest BCUT2D eigenvalue weighted by Crippen LogP contribution is 2.24. The minimum atomic E-state index is -0.198. The number of phenolic OH excluding ortho intramolecular Hbond substituents is 1. The van der Waals surface area contributed by atoms with E-state index in [0.717, 1.165) is 4.47 Å². The second-order valence-corrected chi connectivity index (χ2v) is 6.35. The molecule has 1 fully saturated rings. The number of benzene rings is 1. The summed E-state index contributed by atoms with van der Waals surface area (Å²) in [7, 11) is 0. The topological polar surface area (TPSA) is 60.9 Å². The summed E-state index contributed by atoms with van der Waals surface area (Å²) in [4.78, 5) is 27.8. The number of halogens is 1. The lowest BCUT2D eigenvalue weighted by molar-refractivity contribution is -0.135. The Balaban J connectivity index is 2.02. The molecule has 1 aliphatic rings. The van der Waals surface area contributed by atoms with Crippen LogP contribution in [0.1, 0.15) is 24.2 Å². The van der Waals surface area contributed by atoms with E-state index in [4.69, 9.17) is 0 Å². The van der Waals surface area contributed by atoms with Gasteiger partial charge < -0.3 is 14.9 Å². The minimum absolute atomic E-state index is 0.0252. The number of phenols is 1. The zero-order valence-electron chi connectivity index (χ0n) is 12.2. The lowest BCUT2D eigenvalue weighted by atomic mass is 10.1. The Hall–Kier alpha value is -1.56. The van der Waals surface area contributed by atoms with Crippen molar-refractivity contribution in [1.29, 1.82) is 0 Å². The average molecular weight is 355 g/mol. The molecule has 0 spiro atoms. The normalized spacial score (nSPS) is 15.4. The molecule has 1 aliphatic heterocycles. The molecule has 1 heterocycles. The van der Waals surface area contributed by atoms with Crippen LogP contribution in [0.15, 0.2) is 22.7 Å². The van der Waals surface area contributed by atoms with Gasteiger partial charge in [-0.15, -0.1) is 0 Å². The van der Waals surface area contributed by atoms with E-state index in [9.17, 15) is 14.7 Å². The van der Waals surface area contributed by atoms with Gasteiger partial charge in [-0.3, -0.25) is 9.59 Å². The van der Waals surface area contributed by atoms with E-state index in [-0.39, 0.29) is 23.5 Å². The molecular weight excluding hydrogens is 336 g/mol. The van der Waals surface area contributed by atoms with Gasteiger partial charge in [-0.25, -0.2) is 0 Å². The first-order valence-corrected chi connectivity index (χ1v) is 7.76. The molecular formula is C15H19BrN2O3. The number of rotatable bonds is 2. The second-order valence-electron chi connectivity index (χ2n) is 5.43. The highest BCUT2D eigenvalue weighted by molar-refractivity contribution is 9.10. The van der Waals surface area contributed by atoms with Gasteiger partial charge in [-0.1, -0.05) is 29.8 Å². The molecule has 2 amide bonds. The summed E-state index contributed by atoms with van der Waals surface area (Å²) in [6, 6.07) is 4.84. The van der Waals surface area contributed by atoms with E-state index < -0.39 is 0 Å². The third-order valence-electron chi connectivity index (χ3n) is 3.56. The first-order valence-electron chi connectivity index (χ1n) is 6.96. The molecule has 6 heteroatoms. The van der Waals surface area contributed by atoms with Gasteiger partial charge in [0.15, 0.2) is 0 Å². The van der Waals surface area contributed by atoms with E-state index in [1.54, 1.807) is 21.9 Å². The Labute approximate surface area is 132 Å². The Morgan fingerprint density at radius 2 is 1.71 bits per heavy atom. The van der Waals surface area contributed by atoms with E-state index in [2.05, 4.69) is 15.9 Å². The fourth-order valence-corrected chi connectivity index (χ4v) is 2.70. The molecule has 114 valence electrons. The van der Waals surface area contributed by atoms with Crippen LogP contribution >= 0.6 is 15.9 Å². The van der Waals surface area contributed by atoms with Crippen molar-refractivity contribution in [3.8, 4) is 5.75 Å². The summed E-state index contributed by atoms with van der Waals surface area (Å²) in [6.45, 7) is 5.82. The van der Waals surface area contributed by atoms with Gasteiger partial charge in [0.25, 0.3) is 5.91 Å². The monoisotopic (exact) mass is 354 g/mol. The standard InChI is InChI=1S/C15H19BrN2O3/c1-10(2)14(20)17-5-7-18(8-6-17)15(21)12-4-3-11(16)9-13(12)19/h3-4,9-10,19H,5-8H2,1-2H3. The van der Waals surface area contributed by atoms with Crippen LogP contribution in [0.2, 0.25) is 0 Å². The predicted molar refractivity (Wildman–Crippen MR) is 83.1 cm³/mol. The van der Waals surface area contributed by atoms with E-state index in [1.807, 2.05) is 13.8 Å². The van der Waals surface area contributed by atoms with Gasteiger partial charge in [-0.05, 0) is 18.2 Å². The molecule has 1 aromatic rings. The molecule has 0 aliphatic carbocycles. The zero-order chi connectivity index (χ0) is 15.6. The molecule has 5 nitrogen and oxygen atoms in total. The number of hydrogen-bond acceptors (Lipinski definition) is 3. The molecule has 21 heavy (non-hydrogen) atoms. The van der Waals surface area contributed by atoms with Crippen LogP contribution < -0.4 is 0 Å². The Morgan fingerprint density at radius 3 is 2.24 bits per heavy atom. The summed E-state index contributed by atoms with van der Waals surface area (Å²) in [6.07, 6.45) is 0. The fraction of sp³-hybridized carbons (Fsp3) is 0.467. The summed E-state index contributed by atoms with van der Waals surface area (Å²) in [5, 5.41) is 9.86. The van der Waals surface area contributed by atoms with Crippen LogP contribution in [0, 0.1) is 5.92 Å². The van der Waals surface area contributed by atoms with Gasteiger partial charge >= 0.3 is 0 Å². The van der Waals surface area contributed by atoms with Crippen LogP contribution in [0.5, 0.6) is 5.75 Å². The molecule has 0 radical (unpaired) electrons. The Bertz CT molecular complexity index is 552. The maximum Gasteiger partial charge on any atom is 0.257 e. The molecule has 0 atom stereocenters. The summed E-state index contributed by atoms with van der Waals surface area (Å²) < 4.78 is 0.726. The highest BCUT2D eigenvalue weighted by Gasteiger charge is 2.26. The van der Waals surface area contributed by atoms with Gasteiger partial charge in [0, 0.05) is 36.6 Å². The number of nitrogens with zero attached hydrogens (tertiary/aromatic N) is 2. The SMILES string of the molecule is CC(C)C(=O)N1CCN(C(=O)c2ccc(Br)cc2O)CC1. The summed E-state index contributed by atoms with van der Waals surface area (Å²) >= 11 is 3.25. The summed E-state index contributed by atoms with van der Waals surface area (Å²) in [5.41, 5.74) is 0.293. The van der Waals surface area contributed by atoms with Crippen molar-refractivity contribution in [3.63, 3.8) is 0 Å². The summed E-state index contributed by atoms with van der Waals surface area (Å²) in [5.74, 6) is -0.136. The first kappa shape index (κ1) is 15.8. The maximum absolute atomic E-state index is 12.4. The van der Waals surface area contributed by atoms with Gasteiger partial charge in [0.05, 0.1) is 5.56 Å². The quantitative estimate of drug-likeness (QED) is 0.884. The average Bonchev–Trinajstić information content (AvgIpc) is 2.46. The van der Waals surface area contributed by atoms with Crippen LogP contribution in [0.4, 0.5) is 0 Å². The van der Waals surface area contributed by atoms with Crippen molar-refractivity contribution in [2.24, 2.45) is 5.92 Å². The number of carbonyl (C=O) groups is 2. The van der Waals surface area contributed by atoms with Crippen LogP contribution in [0.3, 0.4) is 0 Å². The van der Waals surface area contributed by atoms with Crippen molar-refractivity contribution >= 4 is 27.7 Å². The number of hydrogen-bond donors (Lipinski definition) is 1. The molecule has 1 saturated heterocycles. The van der Waals surface area contributed by atoms with Gasteiger partial charge in [0.2, 0.25) is 5.91 Å². The zero-order valence-corrected chi connectivity index (χ0v) is 13.8. The molecule has 0 saturated carbocycles. The lowest BCUT2D eigenvalue weighted by Crippen LogP contribution is -2.51. The molecule has 2 rings (SSSR count). The molecule has 0 unspecified atom stereocenters. The lowest BCUT2D eigenvalue weighted by Gasteiger charge is -2.35. The fourth-order valence-electron chi connectivity index (χ4n) is 2.35. The van der Waals surface area contributed by atoms with E-state index in [0.29, 0.717) is 31.7 Å². The minimum Gasteiger partial charge on any atom is -0.507 e. The second kappa shape index (κ2) is 6.47. The maximum atomic E-state index is 12.4. The number of aromatic hydroxyl groups is 1. The smallest absolute Gasteiger partial charge is 0.257 e. The highest BCUT2D eigenvalue weighted by atomic mass is 79.9. The predicted octanol–water partition coefficient (Wildman–Crippen LogP) is 2.10. The van der Waals surface area contributed by atoms with Crippen LogP contribution in [0.25, 0.3) is 0 Å². The third kappa shape index (κ3) is 3.56. The molecule has 1 N–H and O–H groups in total. The van der Waals surface area contributed by atoms with Crippen molar-refractivity contribution in [2.75, 3.05) is 26.2 Å². The largest absolute Gasteiger partial charge is 0.507 e. The Morgan fingerprint density at radius 1 is 1.14 bits per heavy atom. The molecule has 1 aromatic carbocycles. The first-order chi connectivity index (χ1) is 9.90. The number of piperazine rings is 1. The van der Waals surface area contributed by atoms with Crippen molar-refractivity contribution in [3.05, 3.63) is 28.2 Å². The van der Waals surface area contributed by atoms with Crippen LogP contribution in [-0.2, 0) is 4.79 Å². The van der Waals surface area contributed by atoms with Gasteiger partial charge in [0.1, 0.15) is 5.75 Å². The van der Waals surface area contributed by atoms with Gasteiger partial charge in [-0.2, -0.15) is 0 Å². The van der Waals surface area contributed by atoms with E-state index >= 15 is 0 Å². The van der Waals surface area contributed by atoms with Crippen molar-refractivity contribution < 1.29 is 14.7 Å². The molecule has 0 bridgehead atoms. The van der Waals surface area contributed by atoms with Crippen molar-refractivity contribution in [2.45, 2.75) is 13.8 Å². The number of amides is 2. The Kier molecular flexibility index (Phi) is 4.88. The number of carbonyl (C=O) groups excluding carboxylic acids is 2. The third-order valence-corrected chi connectivity index (χ3v) is 4.06. The van der Waals surface area contributed by atoms with E-state index in [1.165, 1.54) is 6.07 Å².